The van der Waals surface area contributed by atoms with Gasteiger partial charge in [-0.1, -0.05) is 12.1 Å². The molecule has 0 aliphatic carbocycles. The van der Waals surface area contributed by atoms with Gasteiger partial charge in [0.15, 0.2) is 5.96 Å². The third-order valence-corrected chi connectivity index (χ3v) is 3.73. The summed E-state index contributed by atoms with van der Waals surface area (Å²) in [6.07, 6.45) is 1.09. The summed E-state index contributed by atoms with van der Waals surface area (Å²) in [5.41, 5.74) is 1.08. The molecule has 23 heavy (non-hydrogen) atoms. The fourth-order valence-corrected chi connectivity index (χ4v) is 2.50. The van der Waals surface area contributed by atoms with E-state index in [2.05, 4.69) is 15.2 Å². The van der Waals surface area contributed by atoms with Crippen LogP contribution in [0.5, 0.6) is 0 Å². The van der Waals surface area contributed by atoms with Crippen LogP contribution in [0.25, 0.3) is 0 Å². The van der Waals surface area contributed by atoms with Gasteiger partial charge in [0.2, 0.25) is 0 Å². The van der Waals surface area contributed by atoms with Gasteiger partial charge in [-0.25, -0.2) is 0 Å². The molecule has 0 radical (unpaired) electrons. The van der Waals surface area contributed by atoms with Crippen LogP contribution in [0.2, 0.25) is 0 Å². The molecule has 1 heterocycles. The van der Waals surface area contributed by atoms with Crippen LogP contribution in [-0.4, -0.2) is 49.6 Å². The topological polar surface area (TPSA) is 80.0 Å². The van der Waals surface area contributed by atoms with Crippen molar-refractivity contribution in [3.63, 3.8) is 0 Å². The maximum Gasteiger partial charge on any atom is 0.269 e. The Labute approximate surface area is 153 Å². The van der Waals surface area contributed by atoms with Crippen LogP contribution < -0.4 is 5.32 Å². The second-order valence-corrected chi connectivity index (χ2v) is 5.43. The van der Waals surface area contributed by atoms with Crippen LogP contribution in [0, 0.1) is 16.0 Å². The van der Waals surface area contributed by atoms with E-state index in [-0.39, 0.29) is 29.7 Å². The quantitative estimate of drug-likeness (QED) is 0.253. The van der Waals surface area contributed by atoms with E-state index in [1.165, 1.54) is 12.1 Å². The maximum atomic E-state index is 10.6. The molecule has 1 aromatic rings. The van der Waals surface area contributed by atoms with Gasteiger partial charge in [-0.3, -0.25) is 15.1 Å². The molecule has 1 fully saturated rings. The number of non-ortho nitro benzene ring substituents is 1. The standard InChI is InChI=1S/C15H22N4O3.HI/c1-16-15(18(2)10-13-7-8-22-11-13)17-9-12-3-5-14(6-4-12)19(20)21;/h3-6,13H,7-11H2,1-2H3,(H,16,17);1H. The average Bonchev–Trinajstić information content (AvgIpc) is 3.01. The first kappa shape index (κ1) is 19.6. The smallest absolute Gasteiger partial charge is 0.269 e. The van der Waals surface area contributed by atoms with Crippen LogP contribution in [0.3, 0.4) is 0 Å². The van der Waals surface area contributed by atoms with Crippen molar-refractivity contribution in [2.24, 2.45) is 10.9 Å². The first-order valence-corrected chi connectivity index (χ1v) is 7.33. The number of hydrogen-bond acceptors (Lipinski definition) is 4. The Morgan fingerprint density at radius 1 is 1.48 bits per heavy atom. The summed E-state index contributed by atoms with van der Waals surface area (Å²) in [7, 11) is 3.75. The summed E-state index contributed by atoms with van der Waals surface area (Å²) in [5, 5.41) is 13.9. The monoisotopic (exact) mass is 434 g/mol. The van der Waals surface area contributed by atoms with Gasteiger partial charge < -0.3 is 15.0 Å². The summed E-state index contributed by atoms with van der Waals surface area (Å²) in [6.45, 7) is 3.13. The van der Waals surface area contributed by atoms with Crippen LogP contribution in [0.4, 0.5) is 5.69 Å². The SMILES string of the molecule is CN=C(NCc1ccc([N+](=O)[O-])cc1)N(C)CC1CCOC1.I. The number of hydrogen-bond donors (Lipinski definition) is 1. The molecule has 1 atom stereocenters. The first-order valence-electron chi connectivity index (χ1n) is 7.33. The highest BCUT2D eigenvalue weighted by atomic mass is 127. The Morgan fingerprint density at radius 3 is 2.70 bits per heavy atom. The average molecular weight is 434 g/mol. The second kappa shape index (κ2) is 9.66. The van der Waals surface area contributed by atoms with E-state index in [9.17, 15) is 10.1 Å². The molecular weight excluding hydrogens is 411 g/mol. The number of halogens is 1. The fourth-order valence-electron chi connectivity index (χ4n) is 2.50. The Balaban J connectivity index is 0.00000264. The lowest BCUT2D eigenvalue weighted by Crippen LogP contribution is -2.41. The van der Waals surface area contributed by atoms with Gasteiger partial charge in [0, 0.05) is 51.8 Å². The van der Waals surface area contributed by atoms with Crippen LogP contribution in [0.15, 0.2) is 29.3 Å². The number of nitrogens with zero attached hydrogens (tertiary/aromatic N) is 3. The molecule has 0 amide bonds. The molecule has 1 unspecified atom stereocenters. The van der Waals surface area contributed by atoms with E-state index in [4.69, 9.17) is 4.74 Å². The van der Waals surface area contributed by atoms with Crippen molar-refractivity contribution in [3.05, 3.63) is 39.9 Å². The minimum atomic E-state index is -0.395. The Bertz CT molecular complexity index is 530. The predicted octanol–water partition coefficient (Wildman–Crippen LogP) is 2.26. The lowest BCUT2D eigenvalue weighted by atomic mass is 10.1. The summed E-state index contributed by atoms with van der Waals surface area (Å²) in [5.74, 6) is 1.35. The van der Waals surface area contributed by atoms with E-state index in [0.29, 0.717) is 12.5 Å². The van der Waals surface area contributed by atoms with Crippen molar-refractivity contribution in [1.29, 1.82) is 0 Å². The van der Waals surface area contributed by atoms with E-state index >= 15 is 0 Å². The van der Waals surface area contributed by atoms with Crippen molar-refractivity contribution < 1.29 is 9.66 Å². The first-order chi connectivity index (χ1) is 10.6. The number of ether oxygens (including phenoxy) is 1. The number of aliphatic imine (C=N–C) groups is 1. The zero-order valence-electron chi connectivity index (χ0n) is 13.4. The third-order valence-electron chi connectivity index (χ3n) is 3.73. The molecule has 1 saturated heterocycles. The highest BCUT2D eigenvalue weighted by Gasteiger charge is 2.19. The minimum absolute atomic E-state index is 0. The predicted molar refractivity (Wildman–Crippen MR) is 100 cm³/mol. The van der Waals surface area contributed by atoms with Crippen molar-refractivity contribution >= 4 is 35.6 Å². The molecular formula is C15H23IN4O3. The van der Waals surface area contributed by atoms with Gasteiger partial charge in [-0.05, 0) is 12.0 Å². The number of nitro groups is 1. The van der Waals surface area contributed by atoms with Gasteiger partial charge >= 0.3 is 0 Å². The van der Waals surface area contributed by atoms with Crippen molar-refractivity contribution in [3.8, 4) is 0 Å². The van der Waals surface area contributed by atoms with Crippen molar-refractivity contribution in [1.82, 2.24) is 10.2 Å². The molecule has 0 saturated carbocycles. The minimum Gasteiger partial charge on any atom is -0.381 e. The van der Waals surface area contributed by atoms with Gasteiger partial charge in [-0.15, -0.1) is 24.0 Å². The van der Waals surface area contributed by atoms with E-state index in [1.807, 2.05) is 7.05 Å². The number of nitro benzene ring substituents is 1. The largest absolute Gasteiger partial charge is 0.381 e. The molecule has 1 aliphatic rings. The number of nitrogens with one attached hydrogen (secondary N) is 1. The normalized spacial score (nSPS) is 17.5. The second-order valence-electron chi connectivity index (χ2n) is 5.43. The van der Waals surface area contributed by atoms with Crippen LogP contribution in [0.1, 0.15) is 12.0 Å². The van der Waals surface area contributed by atoms with Crippen molar-refractivity contribution in [2.45, 2.75) is 13.0 Å². The molecule has 1 aliphatic heterocycles. The number of rotatable bonds is 5. The molecule has 8 heteroatoms. The Hall–Kier alpha value is -1.42. The maximum absolute atomic E-state index is 10.6. The fraction of sp³-hybridized carbons (Fsp3) is 0.533. The van der Waals surface area contributed by atoms with E-state index in [0.717, 1.165) is 37.7 Å². The molecule has 2 rings (SSSR count). The zero-order chi connectivity index (χ0) is 15.9. The number of benzene rings is 1. The van der Waals surface area contributed by atoms with Crippen LogP contribution >= 0.6 is 24.0 Å². The Kier molecular flexibility index (Phi) is 8.24. The zero-order valence-corrected chi connectivity index (χ0v) is 15.7. The molecule has 1 N–H and O–H groups in total. The lowest BCUT2D eigenvalue weighted by molar-refractivity contribution is -0.384. The summed E-state index contributed by atoms with van der Waals surface area (Å²) >= 11 is 0. The number of guanidine groups is 1. The van der Waals surface area contributed by atoms with Gasteiger partial charge in [-0.2, -0.15) is 0 Å². The van der Waals surface area contributed by atoms with E-state index < -0.39 is 4.92 Å². The van der Waals surface area contributed by atoms with Gasteiger partial charge in [0.05, 0.1) is 11.5 Å². The van der Waals surface area contributed by atoms with Crippen LogP contribution in [-0.2, 0) is 11.3 Å². The molecule has 7 nitrogen and oxygen atoms in total. The lowest BCUT2D eigenvalue weighted by Gasteiger charge is -2.24. The third kappa shape index (κ3) is 5.94. The van der Waals surface area contributed by atoms with Gasteiger partial charge in [0.1, 0.15) is 0 Å². The molecule has 0 spiro atoms. The highest BCUT2D eigenvalue weighted by Crippen LogP contribution is 2.14. The van der Waals surface area contributed by atoms with Gasteiger partial charge in [0.25, 0.3) is 5.69 Å². The summed E-state index contributed by atoms with van der Waals surface area (Å²) in [4.78, 5) is 16.6. The molecule has 1 aromatic carbocycles. The Morgan fingerprint density at radius 2 is 2.17 bits per heavy atom. The summed E-state index contributed by atoms with van der Waals surface area (Å²) in [6, 6.07) is 6.53. The highest BCUT2D eigenvalue weighted by molar-refractivity contribution is 14.0. The summed E-state index contributed by atoms with van der Waals surface area (Å²) < 4.78 is 5.39. The molecule has 128 valence electrons. The van der Waals surface area contributed by atoms with Crippen molar-refractivity contribution in [2.75, 3.05) is 33.9 Å². The van der Waals surface area contributed by atoms with E-state index in [1.54, 1.807) is 19.2 Å². The molecule has 0 bridgehead atoms. The molecule has 0 aromatic heterocycles.